The fraction of sp³-hybridized carbons (Fsp3) is 0.333. The van der Waals surface area contributed by atoms with Crippen LogP contribution in [0.4, 0.5) is 11.4 Å². The molecule has 20 heavy (non-hydrogen) atoms. The van der Waals surface area contributed by atoms with Gasteiger partial charge in [0.25, 0.3) is 0 Å². The van der Waals surface area contributed by atoms with Gasteiger partial charge in [0, 0.05) is 42.0 Å². The van der Waals surface area contributed by atoms with Crippen LogP contribution in [0.25, 0.3) is 10.9 Å². The molecule has 1 heterocycles. The minimum Gasteiger partial charge on any atom is -0.399 e. The second-order valence-corrected chi connectivity index (χ2v) is 5.13. The first-order valence-electron chi connectivity index (χ1n) is 6.90. The molecule has 1 aromatic heterocycles. The Kier molecular flexibility index (Phi) is 3.41. The van der Waals surface area contributed by atoms with Crippen molar-refractivity contribution in [2.24, 2.45) is 5.92 Å². The average Bonchev–Trinajstić information content (AvgIpc) is 3.27. The highest BCUT2D eigenvalue weighted by Gasteiger charge is 2.28. The number of aromatic nitrogens is 1. The minimum atomic E-state index is 0.180. The number of hydrogen-bond acceptors (Lipinski definition) is 4. The minimum absolute atomic E-state index is 0.180. The Hall–Kier alpha value is -2.30. The standard InChI is InChI=1S/C15H18N4O/c16-11-3-4-12-13(5-6-17-14(12)9-11)18-7-8-19-15(20)10-1-2-10/h3-6,9-10H,1-2,7-8,16H2,(H,17,18)(H,19,20). The number of benzene rings is 1. The fourth-order valence-corrected chi connectivity index (χ4v) is 2.19. The van der Waals surface area contributed by atoms with Crippen LogP contribution in [0.15, 0.2) is 30.5 Å². The maximum Gasteiger partial charge on any atom is 0.223 e. The van der Waals surface area contributed by atoms with E-state index in [4.69, 9.17) is 5.73 Å². The summed E-state index contributed by atoms with van der Waals surface area (Å²) in [6.45, 7) is 1.33. The van der Waals surface area contributed by atoms with E-state index in [1.54, 1.807) is 6.20 Å². The van der Waals surface area contributed by atoms with Gasteiger partial charge in [-0.1, -0.05) is 0 Å². The molecule has 0 unspecified atom stereocenters. The summed E-state index contributed by atoms with van der Waals surface area (Å²) >= 11 is 0. The van der Waals surface area contributed by atoms with E-state index in [9.17, 15) is 4.79 Å². The normalized spacial score (nSPS) is 14.2. The van der Waals surface area contributed by atoms with Gasteiger partial charge in [0.15, 0.2) is 0 Å². The highest BCUT2D eigenvalue weighted by Crippen LogP contribution is 2.28. The van der Waals surface area contributed by atoms with E-state index >= 15 is 0 Å². The molecule has 2 aromatic rings. The summed E-state index contributed by atoms with van der Waals surface area (Å²) in [5, 5.41) is 7.30. The van der Waals surface area contributed by atoms with Crippen molar-refractivity contribution in [2.75, 3.05) is 24.1 Å². The average molecular weight is 270 g/mol. The molecule has 1 aromatic carbocycles. The Morgan fingerprint density at radius 1 is 1.30 bits per heavy atom. The second kappa shape index (κ2) is 5.36. The summed E-state index contributed by atoms with van der Waals surface area (Å²) in [6.07, 6.45) is 3.83. The van der Waals surface area contributed by atoms with Crippen LogP contribution in [0.5, 0.6) is 0 Å². The van der Waals surface area contributed by atoms with Gasteiger partial charge < -0.3 is 16.4 Å². The third-order valence-electron chi connectivity index (χ3n) is 3.45. The largest absolute Gasteiger partial charge is 0.399 e. The van der Waals surface area contributed by atoms with Gasteiger partial charge in [0.1, 0.15) is 0 Å². The Morgan fingerprint density at radius 3 is 2.95 bits per heavy atom. The van der Waals surface area contributed by atoms with E-state index in [0.29, 0.717) is 18.8 Å². The molecule has 1 saturated carbocycles. The van der Waals surface area contributed by atoms with Gasteiger partial charge in [-0.15, -0.1) is 0 Å². The molecular weight excluding hydrogens is 252 g/mol. The summed E-state index contributed by atoms with van der Waals surface area (Å²) in [4.78, 5) is 15.8. The van der Waals surface area contributed by atoms with Crippen molar-refractivity contribution in [1.82, 2.24) is 10.3 Å². The summed E-state index contributed by atoms with van der Waals surface area (Å²) in [6, 6.07) is 7.61. The zero-order valence-electron chi connectivity index (χ0n) is 11.2. The molecule has 5 nitrogen and oxygen atoms in total. The summed E-state index contributed by atoms with van der Waals surface area (Å²) in [5.41, 5.74) is 8.34. The number of rotatable bonds is 5. The van der Waals surface area contributed by atoms with Crippen LogP contribution >= 0.6 is 0 Å². The smallest absolute Gasteiger partial charge is 0.223 e. The van der Waals surface area contributed by atoms with Crippen LogP contribution < -0.4 is 16.4 Å². The van der Waals surface area contributed by atoms with Crippen LogP contribution in [0, 0.1) is 5.92 Å². The molecule has 4 N–H and O–H groups in total. The van der Waals surface area contributed by atoms with Crippen molar-refractivity contribution in [3.63, 3.8) is 0 Å². The van der Waals surface area contributed by atoms with Crippen LogP contribution in [-0.2, 0) is 4.79 Å². The van der Waals surface area contributed by atoms with Crippen molar-refractivity contribution in [2.45, 2.75) is 12.8 Å². The maximum absolute atomic E-state index is 11.5. The highest BCUT2D eigenvalue weighted by atomic mass is 16.2. The second-order valence-electron chi connectivity index (χ2n) is 5.13. The van der Waals surface area contributed by atoms with Gasteiger partial charge in [0.05, 0.1) is 5.52 Å². The number of nitrogens with zero attached hydrogens (tertiary/aromatic N) is 1. The van der Waals surface area contributed by atoms with E-state index in [1.807, 2.05) is 24.3 Å². The van der Waals surface area contributed by atoms with Crippen molar-refractivity contribution in [3.05, 3.63) is 30.5 Å². The quantitative estimate of drug-likeness (QED) is 0.571. The van der Waals surface area contributed by atoms with Gasteiger partial charge in [-0.25, -0.2) is 0 Å². The Bertz CT molecular complexity index is 637. The number of hydrogen-bond donors (Lipinski definition) is 3. The lowest BCUT2D eigenvalue weighted by molar-refractivity contribution is -0.122. The number of pyridine rings is 1. The first-order valence-corrected chi connectivity index (χ1v) is 6.90. The Morgan fingerprint density at radius 2 is 2.15 bits per heavy atom. The predicted octanol–water partition coefficient (Wildman–Crippen LogP) is 1.76. The van der Waals surface area contributed by atoms with E-state index < -0.39 is 0 Å². The highest BCUT2D eigenvalue weighted by molar-refractivity contribution is 5.92. The third-order valence-corrected chi connectivity index (χ3v) is 3.45. The fourth-order valence-electron chi connectivity index (χ4n) is 2.19. The molecule has 0 atom stereocenters. The molecule has 0 spiro atoms. The number of amides is 1. The number of nitrogen functional groups attached to an aromatic ring is 1. The molecule has 1 aliphatic carbocycles. The lowest BCUT2D eigenvalue weighted by atomic mass is 10.1. The number of carbonyl (C=O) groups is 1. The molecular formula is C15H18N4O. The van der Waals surface area contributed by atoms with Crippen LogP contribution in [0.2, 0.25) is 0 Å². The molecule has 0 bridgehead atoms. The van der Waals surface area contributed by atoms with E-state index in [-0.39, 0.29) is 11.8 Å². The van der Waals surface area contributed by atoms with E-state index in [1.165, 1.54) is 0 Å². The molecule has 0 saturated heterocycles. The SMILES string of the molecule is Nc1ccc2c(NCCNC(=O)C3CC3)ccnc2c1. The number of fused-ring (bicyclic) bond motifs is 1. The monoisotopic (exact) mass is 270 g/mol. The van der Waals surface area contributed by atoms with Crippen LogP contribution in [-0.4, -0.2) is 24.0 Å². The summed E-state index contributed by atoms with van der Waals surface area (Å²) < 4.78 is 0. The zero-order valence-corrected chi connectivity index (χ0v) is 11.2. The van der Waals surface area contributed by atoms with Gasteiger partial charge in [-0.05, 0) is 37.1 Å². The van der Waals surface area contributed by atoms with Crippen LogP contribution in [0.1, 0.15) is 12.8 Å². The summed E-state index contributed by atoms with van der Waals surface area (Å²) in [7, 11) is 0. The lowest BCUT2D eigenvalue weighted by Crippen LogP contribution is -2.29. The number of carbonyl (C=O) groups excluding carboxylic acids is 1. The van der Waals surface area contributed by atoms with Crippen molar-refractivity contribution < 1.29 is 4.79 Å². The molecule has 1 aliphatic rings. The van der Waals surface area contributed by atoms with Crippen LogP contribution in [0.3, 0.4) is 0 Å². The first kappa shape index (κ1) is 12.7. The van der Waals surface area contributed by atoms with Gasteiger partial charge in [-0.3, -0.25) is 9.78 Å². The molecule has 3 rings (SSSR count). The molecule has 5 heteroatoms. The van der Waals surface area contributed by atoms with Crippen molar-refractivity contribution >= 4 is 28.2 Å². The summed E-state index contributed by atoms with van der Waals surface area (Å²) in [5.74, 6) is 0.443. The van der Waals surface area contributed by atoms with Gasteiger partial charge in [0.2, 0.25) is 5.91 Å². The molecule has 1 amide bonds. The molecule has 1 fully saturated rings. The number of anilines is 2. The zero-order chi connectivity index (χ0) is 13.9. The van der Waals surface area contributed by atoms with Gasteiger partial charge >= 0.3 is 0 Å². The molecule has 0 radical (unpaired) electrons. The van der Waals surface area contributed by atoms with Crippen molar-refractivity contribution in [3.8, 4) is 0 Å². The number of nitrogens with two attached hydrogens (primary N) is 1. The topological polar surface area (TPSA) is 80.0 Å². The molecule has 104 valence electrons. The third kappa shape index (κ3) is 2.82. The number of nitrogens with one attached hydrogen (secondary N) is 2. The van der Waals surface area contributed by atoms with E-state index in [2.05, 4.69) is 15.6 Å². The predicted molar refractivity (Wildman–Crippen MR) is 80.4 cm³/mol. The maximum atomic E-state index is 11.5. The Labute approximate surface area is 117 Å². The van der Waals surface area contributed by atoms with E-state index in [0.717, 1.165) is 29.4 Å². The molecule has 0 aliphatic heterocycles. The lowest BCUT2D eigenvalue weighted by Gasteiger charge is -2.10. The Balaban J connectivity index is 1.60. The van der Waals surface area contributed by atoms with Gasteiger partial charge in [-0.2, -0.15) is 0 Å². The first-order chi connectivity index (χ1) is 9.74. The van der Waals surface area contributed by atoms with Crippen molar-refractivity contribution in [1.29, 1.82) is 0 Å².